The highest BCUT2D eigenvalue weighted by molar-refractivity contribution is 5.78. The molecule has 1 amide bonds. The van der Waals surface area contributed by atoms with Gasteiger partial charge in [0.2, 0.25) is 5.91 Å². The van der Waals surface area contributed by atoms with Gasteiger partial charge in [-0.3, -0.25) is 9.69 Å². The van der Waals surface area contributed by atoms with Crippen molar-refractivity contribution in [2.45, 2.75) is 6.92 Å². The highest BCUT2D eigenvalue weighted by Gasteiger charge is 2.17. The molecular formula is C9H19N3O. The SMILES string of the molecule is CNCC(C)CN1CCNC(=O)C1. The fraction of sp³-hybridized carbons (Fsp3) is 0.889. The Morgan fingerprint density at radius 2 is 2.46 bits per heavy atom. The van der Waals surface area contributed by atoms with Crippen molar-refractivity contribution in [2.24, 2.45) is 5.92 Å². The van der Waals surface area contributed by atoms with Crippen molar-refractivity contribution in [2.75, 3.05) is 39.8 Å². The zero-order valence-corrected chi connectivity index (χ0v) is 8.47. The van der Waals surface area contributed by atoms with Gasteiger partial charge in [0, 0.05) is 19.6 Å². The summed E-state index contributed by atoms with van der Waals surface area (Å²) in [4.78, 5) is 13.3. The summed E-state index contributed by atoms with van der Waals surface area (Å²) in [5.74, 6) is 0.763. The normalized spacial score (nSPS) is 21.2. The molecule has 1 atom stereocenters. The molecule has 4 nitrogen and oxygen atoms in total. The first-order valence-electron chi connectivity index (χ1n) is 4.86. The molecule has 1 saturated heterocycles. The zero-order valence-electron chi connectivity index (χ0n) is 8.47. The van der Waals surface area contributed by atoms with Gasteiger partial charge in [0.25, 0.3) is 0 Å². The first-order chi connectivity index (χ1) is 6.22. The lowest BCUT2D eigenvalue weighted by atomic mass is 10.1. The molecule has 0 aromatic carbocycles. The Kier molecular flexibility index (Phi) is 4.18. The monoisotopic (exact) mass is 185 g/mol. The topological polar surface area (TPSA) is 44.4 Å². The van der Waals surface area contributed by atoms with Crippen LogP contribution in [-0.2, 0) is 4.79 Å². The molecule has 0 radical (unpaired) electrons. The van der Waals surface area contributed by atoms with Crippen molar-refractivity contribution in [1.29, 1.82) is 0 Å². The Morgan fingerprint density at radius 1 is 1.69 bits per heavy atom. The second-order valence-electron chi connectivity index (χ2n) is 3.75. The van der Waals surface area contributed by atoms with Crippen molar-refractivity contribution < 1.29 is 4.79 Å². The minimum atomic E-state index is 0.155. The van der Waals surface area contributed by atoms with E-state index in [0.29, 0.717) is 12.5 Å². The maximum absolute atomic E-state index is 11.0. The molecule has 2 N–H and O–H groups in total. The molecule has 1 aliphatic rings. The van der Waals surface area contributed by atoms with Crippen LogP contribution in [-0.4, -0.2) is 50.6 Å². The van der Waals surface area contributed by atoms with Gasteiger partial charge in [0.05, 0.1) is 6.54 Å². The third-order valence-electron chi connectivity index (χ3n) is 2.24. The maximum Gasteiger partial charge on any atom is 0.234 e. The molecule has 0 spiro atoms. The molecule has 0 aromatic heterocycles. The molecule has 4 heteroatoms. The molecule has 1 unspecified atom stereocenters. The number of hydrogen-bond donors (Lipinski definition) is 2. The van der Waals surface area contributed by atoms with Gasteiger partial charge in [0.15, 0.2) is 0 Å². The number of rotatable bonds is 4. The summed E-state index contributed by atoms with van der Waals surface area (Å²) >= 11 is 0. The number of hydrogen-bond acceptors (Lipinski definition) is 3. The molecule has 1 aliphatic heterocycles. The third kappa shape index (κ3) is 3.74. The fourth-order valence-electron chi connectivity index (χ4n) is 1.70. The number of piperazine rings is 1. The Labute approximate surface area is 79.7 Å². The number of carbonyl (C=O) groups is 1. The summed E-state index contributed by atoms with van der Waals surface area (Å²) in [6, 6.07) is 0. The van der Waals surface area contributed by atoms with Crippen LogP contribution in [0.25, 0.3) is 0 Å². The van der Waals surface area contributed by atoms with Crippen molar-refractivity contribution >= 4 is 5.91 Å². The number of amides is 1. The molecule has 0 saturated carbocycles. The number of nitrogens with one attached hydrogen (secondary N) is 2. The van der Waals surface area contributed by atoms with E-state index in [-0.39, 0.29) is 5.91 Å². The zero-order chi connectivity index (χ0) is 9.68. The van der Waals surface area contributed by atoms with Gasteiger partial charge in [-0.15, -0.1) is 0 Å². The smallest absolute Gasteiger partial charge is 0.234 e. The second kappa shape index (κ2) is 5.19. The van der Waals surface area contributed by atoms with Gasteiger partial charge in [-0.05, 0) is 19.5 Å². The van der Waals surface area contributed by atoms with Gasteiger partial charge in [0.1, 0.15) is 0 Å². The first kappa shape index (κ1) is 10.5. The van der Waals surface area contributed by atoms with Gasteiger partial charge < -0.3 is 10.6 Å². The molecular weight excluding hydrogens is 166 g/mol. The molecule has 13 heavy (non-hydrogen) atoms. The summed E-state index contributed by atoms with van der Waals surface area (Å²) < 4.78 is 0. The van der Waals surface area contributed by atoms with Crippen molar-refractivity contribution in [3.8, 4) is 0 Å². The average Bonchev–Trinajstić information content (AvgIpc) is 2.04. The van der Waals surface area contributed by atoms with E-state index in [1.165, 1.54) is 0 Å². The molecule has 1 fully saturated rings. The molecule has 1 rings (SSSR count). The molecule has 0 bridgehead atoms. The lowest BCUT2D eigenvalue weighted by Crippen LogP contribution is -2.49. The molecule has 76 valence electrons. The van der Waals surface area contributed by atoms with Gasteiger partial charge in [-0.2, -0.15) is 0 Å². The fourth-order valence-corrected chi connectivity index (χ4v) is 1.70. The molecule has 0 aromatic rings. The first-order valence-corrected chi connectivity index (χ1v) is 4.86. The standard InChI is InChI=1S/C9H19N3O/c1-8(5-10-2)6-12-4-3-11-9(13)7-12/h8,10H,3-7H2,1-2H3,(H,11,13). The highest BCUT2D eigenvalue weighted by Crippen LogP contribution is 2.00. The van der Waals surface area contributed by atoms with E-state index in [1.54, 1.807) is 0 Å². The lowest BCUT2D eigenvalue weighted by Gasteiger charge is -2.28. The van der Waals surface area contributed by atoms with E-state index >= 15 is 0 Å². The lowest BCUT2D eigenvalue weighted by molar-refractivity contribution is -0.124. The van der Waals surface area contributed by atoms with E-state index in [0.717, 1.165) is 26.2 Å². The van der Waals surface area contributed by atoms with Crippen LogP contribution in [0.3, 0.4) is 0 Å². The van der Waals surface area contributed by atoms with Crippen LogP contribution in [0.1, 0.15) is 6.92 Å². The van der Waals surface area contributed by atoms with Gasteiger partial charge in [-0.1, -0.05) is 6.92 Å². The van der Waals surface area contributed by atoms with Crippen LogP contribution in [0, 0.1) is 5.92 Å². The van der Waals surface area contributed by atoms with Crippen LogP contribution in [0.2, 0.25) is 0 Å². The minimum Gasteiger partial charge on any atom is -0.354 e. The van der Waals surface area contributed by atoms with Crippen LogP contribution >= 0.6 is 0 Å². The number of carbonyl (C=O) groups excluding carboxylic acids is 1. The molecule has 1 heterocycles. The summed E-state index contributed by atoms with van der Waals surface area (Å²) in [6.07, 6.45) is 0. The van der Waals surface area contributed by atoms with Crippen LogP contribution in [0.5, 0.6) is 0 Å². The van der Waals surface area contributed by atoms with Crippen molar-refractivity contribution in [3.63, 3.8) is 0 Å². The summed E-state index contributed by atoms with van der Waals surface area (Å²) in [5.41, 5.74) is 0. The summed E-state index contributed by atoms with van der Waals surface area (Å²) in [7, 11) is 1.96. The van der Waals surface area contributed by atoms with E-state index in [1.807, 2.05) is 7.05 Å². The van der Waals surface area contributed by atoms with Gasteiger partial charge >= 0.3 is 0 Å². The minimum absolute atomic E-state index is 0.155. The van der Waals surface area contributed by atoms with Crippen molar-refractivity contribution in [3.05, 3.63) is 0 Å². The molecule has 0 aliphatic carbocycles. The van der Waals surface area contributed by atoms with Crippen LogP contribution in [0.15, 0.2) is 0 Å². The Hall–Kier alpha value is -0.610. The Morgan fingerprint density at radius 3 is 3.08 bits per heavy atom. The van der Waals surface area contributed by atoms with Crippen molar-refractivity contribution in [1.82, 2.24) is 15.5 Å². The van der Waals surface area contributed by atoms with Gasteiger partial charge in [-0.25, -0.2) is 0 Å². The predicted molar refractivity (Wildman–Crippen MR) is 52.5 cm³/mol. The predicted octanol–water partition coefficient (Wildman–Crippen LogP) is -0.726. The number of nitrogens with zero attached hydrogens (tertiary/aromatic N) is 1. The quantitative estimate of drug-likeness (QED) is 0.607. The van der Waals surface area contributed by atoms with E-state index < -0.39 is 0 Å². The highest BCUT2D eigenvalue weighted by atomic mass is 16.2. The summed E-state index contributed by atoms with van der Waals surface area (Å²) in [5, 5.41) is 5.96. The van der Waals surface area contributed by atoms with E-state index in [2.05, 4.69) is 22.5 Å². The second-order valence-corrected chi connectivity index (χ2v) is 3.75. The van der Waals surface area contributed by atoms with E-state index in [4.69, 9.17) is 0 Å². The Bertz CT molecular complexity index is 172. The maximum atomic E-state index is 11.0. The Balaban J connectivity index is 2.23. The third-order valence-corrected chi connectivity index (χ3v) is 2.24. The largest absolute Gasteiger partial charge is 0.354 e. The van der Waals surface area contributed by atoms with Crippen LogP contribution < -0.4 is 10.6 Å². The van der Waals surface area contributed by atoms with E-state index in [9.17, 15) is 4.79 Å². The average molecular weight is 185 g/mol. The van der Waals surface area contributed by atoms with Crippen LogP contribution in [0.4, 0.5) is 0 Å². The summed E-state index contributed by atoms with van der Waals surface area (Å²) in [6.45, 7) is 6.56.